The number of hydrogen-bond acceptors (Lipinski definition) is 8. The molecule has 7 nitrogen and oxygen atoms in total. The molecule has 0 aromatic rings. The molecule has 0 amide bonds. The molecule has 0 radical (unpaired) electrons. The number of rotatable bonds is 5. The second kappa shape index (κ2) is 7.88. The highest BCUT2D eigenvalue weighted by molar-refractivity contribution is 8.15. The predicted molar refractivity (Wildman–Crippen MR) is 77.8 cm³/mol. The standard InChI is InChI=1S/C12H19N3O4S/c1-5-18-10(16)8-9(11(17)19-6-2)20-12(13-8)15-14-7(3)4/h8-9H,5-6H2,1-4H3,(H,13,15)/t8-,9-/m0/s1. The molecule has 1 heterocycles. The SMILES string of the molecule is CCOC(=O)[C@H]1N=C(NN=C(C)C)S[C@@H]1C(=O)OCC. The molecule has 0 aromatic heterocycles. The molecule has 0 spiro atoms. The minimum absolute atomic E-state index is 0.236. The molecule has 1 aliphatic rings. The zero-order chi connectivity index (χ0) is 15.1. The first-order chi connectivity index (χ1) is 9.49. The van der Waals surface area contributed by atoms with Crippen molar-refractivity contribution in [3.63, 3.8) is 0 Å². The molecule has 0 saturated heterocycles. The Balaban J connectivity index is 2.82. The fraction of sp³-hybridized carbons (Fsp3) is 0.667. The van der Waals surface area contributed by atoms with Crippen LogP contribution in [-0.2, 0) is 19.1 Å². The minimum Gasteiger partial charge on any atom is -0.465 e. The maximum Gasteiger partial charge on any atom is 0.332 e. The van der Waals surface area contributed by atoms with Crippen molar-refractivity contribution in [3.8, 4) is 0 Å². The third-order valence-corrected chi connectivity index (χ3v) is 3.33. The van der Waals surface area contributed by atoms with Crippen molar-refractivity contribution in [1.29, 1.82) is 0 Å². The summed E-state index contributed by atoms with van der Waals surface area (Å²) in [6, 6.07) is -0.895. The van der Waals surface area contributed by atoms with E-state index in [2.05, 4.69) is 15.5 Å². The van der Waals surface area contributed by atoms with E-state index in [0.29, 0.717) is 5.17 Å². The second-order valence-electron chi connectivity index (χ2n) is 4.09. The van der Waals surface area contributed by atoms with E-state index in [1.54, 1.807) is 13.8 Å². The van der Waals surface area contributed by atoms with E-state index in [9.17, 15) is 9.59 Å². The summed E-state index contributed by atoms with van der Waals surface area (Å²) in [5, 5.41) is 3.67. The smallest absolute Gasteiger partial charge is 0.332 e. The van der Waals surface area contributed by atoms with Gasteiger partial charge in [0, 0.05) is 5.71 Å². The van der Waals surface area contributed by atoms with Crippen molar-refractivity contribution >= 4 is 34.6 Å². The molecule has 0 aromatic carbocycles. The zero-order valence-corrected chi connectivity index (χ0v) is 12.8. The van der Waals surface area contributed by atoms with Gasteiger partial charge in [0.15, 0.2) is 11.2 Å². The summed E-state index contributed by atoms with van der Waals surface area (Å²) >= 11 is 1.12. The Morgan fingerprint density at radius 3 is 2.40 bits per heavy atom. The van der Waals surface area contributed by atoms with Crippen LogP contribution in [0.3, 0.4) is 0 Å². The molecule has 0 bridgehead atoms. The number of amidine groups is 1. The number of hydrazone groups is 1. The van der Waals surface area contributed by atoms with E-state index in [-0.39, 0.29) is 13.2 Å². The number of nitrogens with zero attached hydrogens (tertiary/aromatic N) is 2. The maximum absolute atomic E-state index is 11.9. The van der Waals surface area contributed by atoms with E-state index in [0.717, 1.165) is 17.5 Å². The van der Waals surface area contributed by atoms with Gasteiger partial charge >= 0.3 is 11.9 Å². The number of esters is 2. The second-order valence-corrected chi connectivity index (χ2v) is 5.22. The van der Waals surface area contributed by atoms with E-state index in [1.165, 1.54) is 0 Å². The molecule has 112 valence electrons. The van der Waals surface area contributed by atoms with Gasteiger partial charge in [-0.2, -0.15) is 5.10 Å². The Bertz CT molecular complexity index is 432. The molecule has 1 N–H and O–H groups in total. The fourth-order valence-corrected chi connectivity index (χ4v) is 2.41. The molecule has 0 aliphatic carbocycles. The van der Waals surface area contributed by atoms with Crippen LogP contribution in [0.25, 0.3) is 0 Å². The molecular weight excluding hydrogens is 282 g/mol. The monoisotopic (exact) mass is 301 g/mol. The summed E-state index contributed by atoms with van der Waals surface area (Å²) in [6.07, 6.45) is 0. The van der Waals surface area contributed by atoms with E-state index < -0.39 is 23.2 Å². The van der Waals surface area contributed by atoms with Gasteiger partial charge in [-0.15, -0.1) is 0 Å². The topological polar surface area (TPSA) is 89.4 Å². The largest absolute Gasteiger partial charge is 0.465 e. The Kier molecular flexibility index (Phi) is 6.50. The quantitative estimate of drug-likeness (QED) is 0.462. The van der Waals surface area contributed by atoms with Crippen LogP contribution >= 0.6 is 11.8 Å². The van der Waals surface area contributed by atoms with Crippen LogP contribution in [0.15, 0.2) is 10.1 Å². The Morgan fingerprint density at radius 2 is 1.85 bits per heavy atom. The van der Waals surface area contributed by atoms with Gasteiger partial charge in [-0.25, -0.2) is 9.79 Å². The first kappa shape index (κ1) is 16.5. The third kappa shape index (κ3) is 4.52. The van der Waals surface area contributed by atoms with Crippen molar-refractivity contribution < 1.29 is 19.1 Å². The van der Waals surface area contributed by atoms with Gasteiger partial charge in [-0.05, 0) is 27.7 Å². The number of ether oxygens (including phenoxy) is 2. The Morgan fingerprint density at radius 1 is 1.25 bits per heavy atom. The minimum atomic E-state index is -0.895. The lowest BCUT2D eigenvalue weighted by molar-refractivity contribution is -0.150. The molecule has 0 saturated carbocycles. The first-order valence-corrected chi connectivity index (χ1v) is 7.22. The third-order valence-electron chi connectivity index (χ3n) is 2.20. The first-order valence-electron chi connectivity index (χ1n) is 6.34. The summed E-state index contributed by atoms with van der Waals surface area (Å²) in [7, 11) is 0. The van der Waals surface area contributed by atoms with E-state index >= 15 is 0 Å². The Hall–Kier alpha value is -1.57. The lowest BCUT2D eigenvalue weighted by atomic mass is 10.2. The summed E-state index contributed by atoms with van der Waals surface area (Å²) in [4.78, 5) is 27.8. The molecule has 1 rings (SSSR count). The van der Waals surface area contributed by atoms with Crippen LogP contribution in [0.1, 0.15) is 27.7 Å². The van der Waals surface area contributed by atoms with Crippen molar-refractivity contribution in [1.82, 2.24) is 5.43 Å². The number of carbonyl (C=O) groups is 2. The van der Waals surface area contributed by atoms with Gasteiger partial charge in [-0.1, -0.05) is 11.8 Å². The fourth-order valence-electron chi connectivity index (χ4n) is 1.43. The van der Waals surface area contributed by atoms with Gasteiger partial charge in [0.05, 0.1) is 13.2 Å². The van der Waals surface area contributed by atoms with Gasteiger partial charge in [-0.3, -0.25) is 10.2 Å². The number of nitrogens with one attached hydrogen (secondary N) is 1. The van der Waals surface area contributed by atoms with Crippen LogP contribution < -0.4 is 5.43 Å². The van der Waals surface area contributed by atoms with Gasteiger partial charge in [0.1, 0.15) is 5.25 Å². The predicted octanol–water partition coefficient (Wildman–Crippen LogP) is 0.938. The van der Waals surface area contributed by atoms with Crippen LogP contribution in [0.5, 0.6) is 0 Å². The van der Waals surface area contributed by atoms with E-state index in [1.807, 2.05) is 13.8 Å². The van der Waals surface area contributed by atoms with Crippen molar-refractivity contribution in [2.45, 2.75) is 39.0 Å². The van der Waals surface area contributed by atoms with Crippen LogP contribution in [0.2, 0.25) is 0 Å². The molecule has 1 aliphatic heterocycles. The summed E-state index contributed by atoms with van der Waals surface area (Å²) < 4.78 is 9.88. The summed E-state index contributed by atoms with van der Waals surface area (Å²) in [5.41, 5.74) is 3.53. The highest BCUT2D eigenvalue weighted by Crippen LogP contribution is 2.28. The Labute approximate surface area is 122 Å². The average Bonchev–Trinajstić information content (AvgIpc) is 2.81. The lowest BCUT2D eigenvalue weighted by Gasteiger charge is -2.13. The highest BCUT2D eigenvalue weighted by Gasteiger charge is 2.42. The molecule has 20 heavy (non-hydrogen) atoms. The lowest BCUT2D eigenvalue weighted by Crippen LogP contribution is -2.36. The summed E-state index contributed by atoms with van der Waals surface area (Å²) in [6.45, 7) is 7.53. The number of thioether (sulfide) groups is 1. The molecular formula is C12H19N3O4S. The van der Waals surface area contributed by atoms with Crippen LogP contribution in [0, 0.1) is 0 Å². The summed E-state index contributed by atoms with van der Waals surface area (Å²) in [5.74, 6) is -1.01. The van der Waals surface area contributed by atoms with Crippen molar-refractivity contribution in [2.24, 2.45) is 10.1 Å². The molecule has 0 fully saturated rings. The molecule has 8 heteroatoms. The van der Waals surface area contributed by atoms with Crippen LogP contribution in [0.4, 0.5) is 0 Å². The van der Waals surface area contributed by atoms with Crippen molar-refractivity contribution in [2.75, 3.05) is 13.2 Å². The average molecular weight is 301 g/mol. The van der Waals surface area contributed by atoms with Crippen LogP contribution in [-0.4, -0.2) is 47.3 Å². The van der Waals surface area contributed by atoms with E-state index in [4.69, 9.17) is 9.47 Å². The zero-order valence-electron chi connectivity index (χ0n) is 12.0. The molecule has 2 atom stereocenters. The van der Waals surface area contributed by atoms with Gasteiger partial charge in [0.25, 0.3) is 0 Å². The number of hydrogen-bond donors (Lipinski definition) is 1. The van der Waals surface area contributed by atoms with Gasteiger partial charge < -0.3 is 9.47 Å². The maximum atomic E-state index is 11.9. The normalized spacial score (nSPS) is 20.9. The number of aliphatic imine (C=N–C) groups is 1. The van der Waals surface area contributed by atoms with Gasteiger partial charge in [0.2, 0.25) is 0 Å². The molecule has 0 unspecified atom stereocenters. The number of carbonyl (C=O) groups excluding carboxylic acids is 2. The highest BCUT2D eigenvalue weighted by atomic mass is 32.2. The van der Waals surface area contributed by atoms with Crippen molar-refractivity contribution in [3.05, 3.63) is 0 Å².